The lowest BCUT2D eigenvalue weighted by Crippen LogP contribution is -2.48. The van der Waals surface area contributed by atoms with Crippen LogP contribution in [0.2, 0.25) is 0 Å². The molecule has 1 saturated carbocycles. The van der Waals surface area contributed by atoms with Crippen molar-refractivity contribution in [1.82, 2.24) is 15.6 Å². The van der Waals surface area contributed by atoms with Crippen LogP contribution in [0.15, 0.2) is 53.7 Å². The summed E-state index contributed by atoms with van der Waals surface area (Å²) in [4.78, 5) is 22.8. The summed E-state index contributed by atoms with van der Waals surface area (Å²) in [6.07, 6.45) is 7.07. The van der Waals surface area contributed by atoms with Crippen LogP contribution in [0.4, 0.5) is 5.82 Å². The van der Waals surface area contributed by atoms with Gasteiger partial charge in [-0.05, 0) is 37.3 Å². The second kappa shape index (κ2) is 11.7. The second-order valence-electron chi connectivity index (χ2n) is 8.93. The second-order valence-corrected chi connectivity index (χ2v) is 8.93. The van der Waals surface area contributed by atoms with Crippen LogP contribution in [0.5, 0.6) is 0 Å². The van der Waals surface area contributed by atoms with Crippen LogP contribution in [0.25, 0.3) is 0 Å². The highest BCUT2D eigenvalue weighted by Gasteiger charge is 2.38. The summed E-state index contributed by atoms with van der Waals surface area (Å²) in [6, 6.07) is 14.9. The molecule has 2 aliphatic rings. The largest absolute Gasteiger partial charge is 0.369 e. The molecule has 1 saturated heterocycles. The third-order valence-corrected chi connectivity index (χ3v) is 7.03. The number of anilines is 1. The van der Waals surface area contributed by atoms with Gasteiger partial charge in [-0.3, -0.25) is 9.79 Å². The van der Waals surface area contributed by atoms with Crippen molar-refractivity contribution in [2.45, 2.75) is 44.1 Å². The van der Waals surface area contributed by atoms with Gasteiger partial charge in [0.25, 0.3) is 0 Å². The molecule has 1 aliphatic heterocycles. The Balaban J connectivity index is 0.00000306. The first-order valence-corrected chi connectivity index (χ1v) is 11.6. The minimum Gasteiger partial charge on any atom is -0.369 e. The van der Waals surface area contributed by atoms with E-state index in [0.717, 1.165) is 49.8 Å². The predicted octanol–water partition coefficient (Wildman–Crippen LogP) is 3.19. The number of halogens is 1. The number of aromatic nitrogens is 1. The van der Waals surface area contributed by atoms with Crippen LogP contribution >= 0.6 is 24.0 Å². The van der Waals surface area contributed by atoms with Crippen molar-refractivity contribution < 1.29 is 4.79 Å². The van der Waals surface area contributed by atoms with Crippen LogP contribution < -0.4 is 21.3 Å². The Kier molecular flexibility index (Phi) is 8.94. The maximum atomic E-state index is 11.5. The van der Waals surface area contributed by atoms with Crippen LogP contribution in [0.1, 0.15) is 43.2 Å². The molecular formula is C25H35IN6O. The molecule has 1 aliphatic carbocycles. The van der Waals surface area contributed by atoms with Crippen LogP contribution in [-0.4, -0.2) is 43.5 Å². The molecular weight excluding hydrogens is 527 g/mol. The highest BCUT2D eigenvalue weighted by atomic mass is 127. The average molecular weight is 563 g/mol. The van der Waals surface area contributed by atoms with E-state index in [1.165, 1.54) is 24.8 Å². The molecule has 0 atom stereocenters. The molecule has 2 aromatic rings. The molecule has 2 fully saturated rings. The van der Waals surface area contributed by atoms with Gasteiger partial charge in [0.2, 0.25) is 5.91 Å². The van der Waals surface area contributed by atoms with Gasteiger partial charge in [0.05, 0.1) is 0 Å². The first-order valence-electron chi connectivity index (χ1n) is 11.6. The fraction of sp³-hybridized carbons (Fsp3) is 0.480. The Labute approximate surface area is 213 Å². The van der Waals surface area contributed by atoms with Crippen LogP contribution in [0, 0.1) is 5.92 Å². The molecule has 8 heteroatoms. The van der Waals surface area contributed by atoms with Gasteiger partial charge in [-0.15, -0.1) is 24.0 Å². The van der Waals surface area contributed by atoms with E-state index in [1.807, 2.05) is 19.3 Å². The number of pyridine rings is 1. The molecule has 0 spiro atoms. The predicted molar refractivity (Wildman–Crippen MR) is 144 cm³/mol. The number of rotatable bonds is 7. The van der Waals surface area contributed by atoms with Crippen LogP contribution in [-0.2, 0) is 16.8 Å². The van der Waals surface area contributed by atoms with Crippen molar-refractivity contribution in [3.63, 3.8) is 0 Å². The molecule has 0 unspecified atom stereocenters. The van der Waals surface area contributed by atoms with E-state index in [4.69, 9.17) is 5.73 Å². The number of benzene rings is 1. The zero-order valence-corrected chi connectivity index (χ0v) is 21.6. The van der Waals surface area contributed by atoms with E-state index >= 15 is 0 Å². The van der Waals surface area contributed by atoms with Gasteiger partial charge >= 0.3 is 0 Å². The maximum Gasteiger partial charge on any atom is 0.220 e. The number of carbonyl (C=O) groups is 1. The Morgan fingerprint density at radius 2 is 1.88 bits per heavy atom. The third-order valence-electron chi connectivity index (χ3n) is 7.03. The van der Waals surface area contributed by atoms with Crippen molar-refractivity contribution in [2.24, 2.45) is 16.6 Å². The Morgan fingerprint density at radius 1 is 1.15 bits per heavy atom. The van der Waals surface area contributed by atoms with Gasteiger partial charge in [0.1, 0.15) is 5.82 Å². The van der Waals surface area contributed by atoms with Gasteiger partial charge in [-0.2, -0.15) is 0 Å². The topological polar surface area (TPSA) is 95.6 Å². The number of hydrogen-bond donors (Lipinski definition) is 3. The van der Waals surface area contributed by atoms with Crippen molar-refractivity contribution in [3.8, 4) is 0 Å². The van der Waals surface area contributed by atoms with E-state index in [0.29, 0.717) is 6.54 Å². The third kappa shape index (κ3) is 5.96. The van der Waals surface area contributed by atoms with Gasteiger partial charge in [0.15, 0.2) is 5.96 Å². The molecule has 1 amide bonds. The minimum absolute atomic E-state index is 0. The number of hydrogen-bond acceptors (Lipinski definition) is 4. The van der Waals surface area contributed by atoms with Crippen molar-refractivity contribution in [3.05, 3.63) is 59.8 Å². The number of piperidine rings is 1. The smallest absolute Gasteiger partial charge is 0.220 e. The Morgan fingerprint density at radius 3 is 2.48 bits per heavy atom. The number of amides is 1. The number of guanidine groups is 1. The van der Waals surface area contributed by atoms with E-state index in [9.17, 15) is 4.79 Å². The number of aliphatic imine (C=N–C) groups is 1. The fourth-order valence-electron chi connectivity index (χ4n) is 4.84. The van der Waals surface area contributed by atoms with Crippen molar-refractivity contribution >= 4 is 41.7 Å². The first-order chi connectivity index (χ1) is 15.6. The zero-order chi connectivity index (χ0) is 22.4. The summed E-state index contributed by atoms with van der Waals surface area (Å²) >= 11 is 0. The monoisotopic (exact) mass is 562 g/mol. The number of carbonyl (C=O) groups excluding carboxylic acids is 1. The Bertz CT molecular complexity index is 939. The van der Waals surface area contributed by atoms with E-state index in [1.54, 1.807) is 0 Å². The van der Waals surface area contributed by atoms with Crippen molar-refractivity contribution in [2.75, 3.05) is 31.6 Å². The lowest BCUT2D eigenvalue weighted by molar-refractivity contribution is -0.122. The summed E-state index contributed by atoms with van der Waals surface area (Å²) in [5.41, 5.74) is 8.21. The average Bonchev–Trinajstić information content (AvgIpc) is 2.81. The minimum atomic E-state index is -0.192. The Hall–Kier alpha value is -2.36. The summed E-state index contributed by atoms with van der Waals surface area (Å²) in [5.74, 6) is 1.55. The number of nitrogens with two attached hydrogens (primary N) is 1. The first kappa shape index (κ1) is 25.3. The number of primary amides is 1. The standard InChI is InChI=1S/C25H34N6O.HI/c1-27-24(30-18-25(12-6-13-25)21-8-3-2-4-9-21)29-17-20-7-5-14-28-23(20)31-15-10-19(11-16-31)22(26)32;/h2-5,7-9,14,19H,6,10-13,15-18H2,1H3,(H2,26,32)(H2,27,29,30);1H. The van der Waals surface area contributed by atoms with E-state index < -0.39 is 0 Å². The zero-order valence-electron chi connectivity index (χ0n) is 19.3. The van der Waals surface area contributed by atoms with Gasteiger partial charge in [-0.1, -0.05) is 42.8 Å². The normalized spacial score (nSPS) is 18.1. The maximum absolute atomic E-state index is 11.5. The molecule has 4 N–H and O–H groups in total. The lowest BCUT2D eigenvalue weighted by atomic mass is 9.64. The number of nitrogens with one attached hydrogen (secondary N) is 2. The summed E-state index contributed by atoms with van der Waals surface area (Å²) in [5, 5.41) is 7.01. The molecule has 178 valence electrons. The van der Waals surface area contributed by atoms with Crippen LogP contribution in [0.3, 0.4) is 0 Å². The molecule has 2 heterocycles. The highest BCUT2D eigenvalue weighted by Crippen LogP contribution is 2.43. The quantitative estimate of drug-likeness (QED) is 0.274. The molecule has 1 aromatic carbocycles. The molecule has 1 aromatic heterocycles. The molecule has 7 nitrogen and oxygen atoms in total. The van der Waals surface area contributed by atoms with Gasteiger partial charge in [0, 0.05) is 56.3 Å². The fourth-order valence-corrected chi connectivity index (χ4v) is 4.84. The summed E-state index contributed by atoms with van der Waals surface area (Å²) in [6.45, 7) is 3.10. The lowest BCUT2D eigenvalue weighted by Gasteiger charge is -2.43. The summed E-state index contributed by atoms with van der Waals surface area (Å²) in [7, 11) is 1.81. The van der Waals surface area contributed by atoms with E-state index in [-0.39, 0.29) is 41.2 Å². The molecule has 0 radical (unpaired) electrons. The molecule has 33 heavy (non-hydrogen) atoms. The summed E-state index contributed by atoms with van der Waals surface area (Å²) < 4.78 is 0. The highest BCUT2D eigenvalue weighted by molar-refractivity contribution is 14.0. The van der Waals surface area contributed by atoms with Gasteiger partial charge < -0.3 is 21.3 Å². The molecule has 0 bridgehead atoms. The van der Waals surface area contributed by atoms with Crippen molar-refractivity contribution in [1.29, 1.82) is 0 Å². The molecule has 4 rings (SSSR count). The van der Waals surface area contributed by atoms with Gasteiger partial charge in [-0.25, -0.2) is 4.98 Å². The SMILES string of the molecule is CN=C(NCc1cccnc1N1CCC(C(N)=O)CC1)NCC1(c2ccccc2)CCC1.I. The number of nitrogens with zero attached hydrogens (tertiary/aromatic N) is 3. The van der Waals surface area contributed by atoms with E-state index in [2.05, 4.69) is 61.9 Å².